The number of thiol groups is 1. The summed E-state index contributed by atoms with van der Waals surface area (Å²) in [6.45, 7) is 1.93. The highest BCUT2D eigenvalue weighted by atomic mass is 32.1. The van der Waals surface area contributed by atoms with E-state index in [2.05, 4.69) is 12.6 Å². The van der Waals surface area contributed by atoms with E-state index in [1.807, 2.05) is 21.0 Å². The maximum Gasteiger partial charge on any atom is 0.150 e. The molecule has 0 aliphatic rings. The summed E-state index contributed by atoms with van der Waals surface area (Å²) in [6.07, 6.45) is 1.59. The molecule has 0 amide bonds. The molecule has 9 heavy (non-hydrogen) atoms. The first-order valence-corrected chi connectivity index (χ1v) is 3.37. The Morgan fingerprint density at radius 1 is 1.67 bits per heavy atom. The number of aldehydes is 1. The van der Waals surface area contributed by atoms with Gasteiger partial charge in [0.1, 0.15) is 11.2 Å². The summed E-state index contributed by atoms with van der Waals surface area (Å²) >= 11 is 4.17. The average Bonchev–Trinajstić information content (AvgIpc) is 1.86. The summed E-state index contributed by atoms with van der Waals surface area (Å²) < 4.78 is 0. The van der Waals surface area contributed by atoms with Crippen LogP contribution in [0.5, 0.6) is 0 Å². The van der Waals surface area contributed by atoms with Gasteiger partial charge in [0.2, 0.25) is 0 Å². The van der Waals surface area contributed by atoms with E-state index in [0.717, 1.165) is 12.7 Å². The highest BCUT2D eigenvalue weighted by Gasteiger charge is 2.24. The van der Waals surface area contributed by atoms with Crippen LogP contribution < -0.4 is 0 Å². The molecule has 0 N–H and O–H groups in total. The molecule has 1 unspecified atom stereocenters. The zero-order chi connectivity index (χ0) is 7.49. The lowest BCUT2D eigenvalue weighted by Crippen LogP contribution is -2.39. The lowest BCUT2D eigenvalue weighted by molar-refractivity contribution is -0.113. The second kappa shape index (κ2) is 3.22. The Hall–Kier alpha value is -0.0200. The van der Waals surface area contributed by atoms with Gasteiger partial charge in [0.05, 0.1) is 0 Å². The van der Waals surface area contributed by atoms with Gasteiger partial charge in [-0.3, -0.25) is 4.90 Å². The van der Waals surface area contributed by atoms with E-state index in [4.69, 9.17) is 0 Å². The quantitative estimate of drug-likeness (QED) is 0.362. The minimum Gasteiger partial charge on any atom is -0.300 e. The van der Waals surface area contributed by atoms with Gasteiger partial charge in [-0.1, -0.05) is 6.92 Å². The van der Waals surface area contributed by atoms with Crippen LogP contribution in [0.2, 0.25) is 0 Å². The molecule has 0 aliphatic carbocycles. The minimum absolute atomic E-state index is 0.569. The standard InChI is InChI=1S/C6H13NOS/c1-4-6(9,5-8)7(2)3/h5,9H,4H2,1-3H3. The van der Waals surface area contributed by atoms with Crippen molar-refractivity contribution in [1.82, 2.24) is 4.90 Å². The molecule has 54 valence electrons. The van der Waals surface area contributed by atoms with Crippen LogP contribution in [0.3, 0.4) is 0 Å². The number of nitrogens with zero attached hydrogens (tertiary/aromatic N) is 1. The average molecular weight is 147 g/mol. The van der Waals surface area contributed by atoms with E-state index in [0.29, 0.717) is 0 Å². The third-order valence-corrected chi connectivity index (χ3v) is 2.31. The van der Waals surface area contributed by atoms with Crippen molar-refractivity contribution in [3.8, 4) is 0 Å². The molecule has 0 spiro atoms. The fourth-order valence-corrected chi connectivity index (χ4v) is 0.505. The van der Waals surface area contributed by atoms with Crippen LogP contribution >= 0.6 is 12.6 Å². The van der Waals surface area contributed by atoms with E-state index >= 15 is 0 Å². The second-order valence-electron chi connectivity index (χ2n) is 2.24. The number of hydrogen-bond donors (Lipinski definition) is 1. The Morgan fingerprint density at radius 2 is 2.11 bits per heavy atom. The second-order valence-corrected chi connectivity index (χ2v) is 3.02. The molecule has 0 saturated heterocycles. The van der Waals surface area contributed by atoms with Crippen LogP contribution in [-0.4, -0.2) is 30.2 Å². The Labute approximate surface area is 61.6 Å². The van der Waals surface area contributed by atoms with Crippen molar-refractivity contribution in [2.75, 3.05) is 14.1 Å². The molecule has 0 rings (SSSR count). The van der Waals surface area contributed by atoms with Crippen LogP contribution in [0, 0.1) is 0 Å². The molecular formula is C6H13NOS. The summed E-state index contributed by atoms with van der Waals surface area (Å²) in [5.74, 6) is 0. The molecule has 0 aromatic carbocycles. The van der Waals surface area contributed by atoms with Crippen molar-refractivity contribution in [3.05, 3.63) is 0 Å². The maximum absolute atomic E-state index is 10.4. The van der Waals surface area contributed by atoms with Crippen LogP contribution in [-0.2, 0) is 4.79 Å². The number of carbonyl (C=O) groups is 1. The predicted octanol–water partition coefficient (Wildman–Crippen LogP) is 0.783. The Balaban J connectivity index is 4.08. The van der Waals surface area contributed by atoms with Crippen LogP contribution in [0.15, 0.2) is 0 Å². The first-order chi connectivity index (χ1) is 4.06. The van der Waals surface area contributed by atoms with Crippen molar-refractivity contribution in [1.29, 1.82) is 0 Å². The molecule has 0 aliphatic heterocycles. The molecule has 0 aromatic heterocycles. The summed E-state index contributed by atoms with van der Waals surface area (Å²) in [4.78, 5) is 11.6. The first kappa shape index (κ1) is 8.98. The Kier molecular flexibility index (Phi) is 3.22. The molecule has 0 aromatic rings. The normalized spacial score (nSPS) is 17.4. The van der Waals surface area contributed by atoms with Gasteiger partial charge in [-0.15, -0.1) is 12.6 Å². The van der Waals surface area contributed by atoms with Gasteiger partial charge in [0.15, 0.2) is 0 Å². The van der Waals surface area contributed by atoms with Crippen molar-refractivity contribution < 1.29 is 4.79 Å². The lowest BCUT2D eigenvalue weighted by atomic mass is 10.2. The van der Waals surface area contributed by atoms with Gasteiger partial charge in [-0.25, -0.2) is 0 Å². The molecule has 0 fully saturated rings. The highest BCUT2D eigenvalue weighted by Crippen LogP contribution is 2.17. The van der Waals surface area contributed by atoms with E-state index in [-0.39, 0.29) is 0 Å². The van der Waals surface area contributed by atoms with Crippen molar-refractivity contribution in [2.24, 2.45) is 0 Å². The van der Waals surface area contributed by atoms with Gasteiger partial charge in [-0.2, -0.15) is 0 Å². The fourth-order valence-electron chi connectivity index (χ4n) is 0.505. The molecular weight excluding hydrogens is 134 g/mol. The number of hydrogen-bond acceptors (Lipinski definition) is 3. The van der Waals surface area contributed by atoms with Crippen molar-refractivity contribution in [2.45, 2.75) is 18.2 Å². The van der Waals surface area contributed by atoms with E-state index < -0.39 is 4.87 Å². The number of rotatable bonds is 3. The smallest absolute Gasteiger partial charge is 0.150 e. The van der Waals surface area contributed by atoms with E-state index in [9.17, 15) is 4.79 Å². The topological polar surface area (TPSA) is 20.3 Å². The van der Waals surface area contributed by atoms with Crippen molar-refractivity contribution in [3.63, 3.8) is 0 Å². The van der Waals surface area contributed by atoms with Crippen molar-refractivity contribution >= 4 is 18.9 Å². The fraction of sp³-hybridized carbons (Fsp3) is 0.833. The largest absolute Gasteiger partial charge is 0.300 e. The van der Waals surface area contributed by atoms with Gasteiger partial charge in [0, 0.05) is 0 Å². The van der Waals surface area contributed by atoms with Crippen LogP contribution in [0.4, 0.5) is 0 Å². The monoisotopic (exact) mass is 147 g/mol. The highest BCUT2D eigenvalue weighted by molar-refractivity contribution is 7.82. The molecule has 0 saturated carbocycles. The zero-order valence-corrected chi connectivity index (χ0v) is 6.98. The minimum atomic E-state index is -0.569. The maximum atomic E-state index is 10.4. The molecule has 1 atom stereocenters. The molecule has 3 heteroatoms. The predicted molar refractivity (Wildman–Crippen MR) is 41.8 cm³/mol. The summed E-state index contributed by atoms with van der Waals surface area (Å²) in [7, 11) is 3.68. The van der Waals surface area contributed by atoms with Crippen LogP contribution in [0.1, 0.15) is 13.3 Å². The SMILES string of the molecule is CCC(S)(C=O)N(C)C. The van der Waals surface area contributed by atoms with Gasteiger partial charge >= 0.3 is 0 Å². The molecule has 2 nitrogen and oxygen atoms in total. The lowest BCUT2D eigenvalue weighted by Gasteiger charge is -2.27. The van der Waals surface area contributed by atoms with Crippen LogP contribution in [0.25, 0.3) is 0 Å². The number of carbonyl (C=O) groups excluding carboxylic acids is 1. The summed E-state index contributed by atoms with van der Waals surface area (Å²) in [5, 5.41) is 0. The van der Waals surface area contributed by atoms with Gasteiger partial charge in [0.25, 0.3) is 0 Å². The Bertz CT molecular complexity index is 105. The van der Waals surface area contributed by atoms with Gasteiger partial charge < -0.3 is 4.79 Å². The van der Waals surface area contributed by atoms with E-state index in [1.54, 1.807) is 4.90 Å². The third kappa shape index (κ3) is 1.99. The zero-order valence-electron chi connectivity index (χ0n) is 6.09. The van der Waals surface area contributed by atoms with Gasteiger partial charge in [-0.05, 0) is 20.5 Å². The number of likely N-dealkylation sites (N-methyl/N-ethyl adjacent to an activating group) is 1. The molecule has 0 radical (unpaired) electrons. The summed E-state index contributed by atoms with van der Waals surface area (Å²) in [6, 6.07) is 0. The molecule has 0 bridgehead atoms. The Morgan fingerprint density at radius 3 is 2.11 bits per heavy atom. The third-order valence-electron chi connectivity index (χ3n) is 1.48. The first-order valence-electron chi connectivity index (χ1n) is 2.93. The molecule has 0 heterocycles. The summed E-state index contributed by atoms with van der Waals surface area (Å²) in [5.41, 5.74) is 0. The van der Waals surface area contributed by atoms with E-state index in [1.165, 1.54) is 0 Å².